The van der Waals surface area contributed by atoms with E-state index in [-0.39, 0.29) is 36.3 Å². The zero-order valence-corrected chi connectivity index (χ0v) is 17.5. The number of hydrogen-bond acceptors (Lipinski definition) is 3. The molecule has 1 saturated heterocycles. The van der Waals surface area contributed by atoms with Crippen LogP contribution in [0.3, 0.4) is 0 Å². The molecule has 0 spiro atoms. The zero-order chi connectivity index (χ0) is 22.1. The second-order valence-electron chi connectivity index (χ2n) is 8.23. The highest BCUT2D eigenvalue weighted by molar-refractivity contribution is 5.95. The molecule has 5 rings (SSSR count). The van der Waals surface area contributed by atoms with Gasteiger partial charge in [-0.25, -0.2) is 4.39 Å². The van der Waals surface area contributed by atoms with Gasteiger partial charge in [-0.05, 0) is 54.4 Å². The molecule has 3 atom stereocenters. The van der Waals surface area contributed by atoms with Crippen LogP contribution >= 0.6 is 0 Å². The molecule has 3 aromatic rings. The van der Waals surface area contributed by atoms with Gasteiger partial charge in [-0.15, -0.1) is 0 Å². The van der Waals surface area contributed by atoms with Gasteiger partial charge in [-0.1, -0.05) is 42.2 Å². The largest absolute Gasteiger partial charge is 0.394 e. The molecule has 0 aliphatic carbocycles. The van der Waals surface area contributed by atoms with Crippen LogP contribution in [0.5, 0.6) is 0 Å². The summed E-state index contributed by atoms with van der Waals surface area (Å²) in [5.74, 6) is 5.72. The summed E-state index contributed by atoms with van der Waals surface area (Å²) >= 11 is 0. The van der Waals surface area contributed by atoms with Crippen molar-refractivity contribution in [2.24, 2.45) is 5.92 Å². The third-order valence-electron chi connectivity index (χ3n) is 6.37. The van der Waals surface area contributed by atoms with Crippen molar-refractivity contribution in [2.75, 3.05) is 18.5 Å². The maximum Gasteiger partial charge on any atom is 0.254 e. The van der Waals surface area contributed by atoms with Gasteiger partial charge in [0.05, 0.1) is 24.3 Å². The van der Waals surface area contributed by atoms with Crippen molar-refractivity contribution in [3.05, 3.63) is 101 Å². The summed E-state index contributed by atoms with van der Waals surface area (Å²) in [7, 11) is 0. The molecule has 5 heteroatoms. The van der Waals surface area contributed by atoms with Crippen LogP contribution < -0.4 is 5.32 Å². The predicted octanol–water partition coefficient (Wildman–Crippen LogP) is 4.22. The van der Waals surface area contributed by atoms with Gasteiger partial charge in [0.15, 0.2) is 0 Å². The number of anilines is 1. The molecule has 0 aromatic heterocycles. The van der Waals surface area contributed by atoms with E-state index in [4.69, 9.17) is 0 Å². The SMILES string of the molecule is O=C(c1ccccc1)N1CC[C@H]2[C@H](CO)Nc3ccc(C#Cc4ccccc4F)cc3[C@H]21. The summed E-state index contributed by atoms with van der Waals surface area (Å²) in [4.78, 5) is 15.2. The Kier molecular flexibility index (Phi) is 5.38. The first kappa shape index (κ1) is 20.3. The Labute approximate surface area is 186 Å². The van der Waals surface area contributed by atoms with Gasteiger partial charge in [0.25, 0.3) is 5.91 Å². The Bertz CT molecular complexity index is 1220. The smallest absolute Gasteiger partial charge is 0.254 e. The first-order chi connectivity index (χ1) is 15.7. The molecule has 0 radical (unpaired) electrons. The molecule has 0 unspecified atom stereocenters. The Morgan fingerprint density at radius 2 is 1.84 bits per heavy atom. The van der Waals surface area contributed by atoms with Crippen LogP contribution in [0.15, 0.2) is 72.8 Å². The standard InChI is InChI=1S/C27H23FN2O2/c28-23-9-5-4-6-19(23)12-10-18-11-13-24-22(16-18)26-21(25(17-31)29-24)14-15-30(26)27(32)20-7-2-1-3-8-20/h1-9,11,13,16,21,25-26,29,31H,14-15,17H2/t21-,25-,26-/m0/s1. The fourth-order valence-corrected chi connectivity index (χ4v) is 4.82. The van der Waals surface area contributed by atoms with E-state index in [2.05, 4.69) is 17.2 Å². The number of hydrogen-bond donors (Lipinski definition) is 2. The first-order valence-corrected chi connectivity index (χ1v) is 10.8. The van der Waals surface area contributed by atoms with Gasteiger partial charge >= 0.3 is 0 Å². The normalized spacial score (nSPS) is 21.1. The number of benzene rings is 3. The van der Waals surface area contributed by atoms with Crippen LogP contribution in [0.1, 0.15) is 39.5 Å². The average molecular weight is 426 g/mol. The van der Waals surface area contributed by atoms with Gasteiger partial charge in [-0.2, -0.15) is 0 Å². The Hall–Kier alpha value is -3.62. The minimum Gasteiger partial charge on any atom is -0.394 e. The van der Waals surface area contributed by atoms with E-state index in [0.29, 0.717) is 17.7 Å². The molecule has 2 aliphatic rings. The van der Waals surface area contributed by atoms with E-state index in [0.717, 1.165) is 23.2 Å². The number of carbonyl (C=O) groups is 1. The highest BCUT2D eigenvalue weighted by atomic mass is 19.1. The Balaban J connectivity index is 1.53. The molecule has 2 N–H and O–H groups in total. The van der Waals surface area contributed by atoms with E-state index in [1.54, 1.807) is 18.2 Å². The van der Waals surface area contributed by atoms with E-state index in [9.17, 15) is 14.3 Å². The van der Waals surface area contributed by atoms with Gasteiger partial charge < -0.3 is 15.3 Å². The highest BCUT2D eigenvalue weighted by Crippen LogP contribution is 2.47. The van der Waals surface area contributed by atoms with Gasteiger partial charge in [-0.3, -0.25) is 4.79 Å². The summed E-state index contributed by atoms with van der Waals surface area (Å²) in [6.07, 6.45) is 0.812. The summed E-state index contributed by atoms with van der Waals surface area (Å²) in [6, 6.07) is 21.3. The van der Waals surface area contributed by atoms with Crippen molar-refractivity contribution in [3.63, 3.8) is 0 Å². The Morgan fingerprint density at radius 1 is 1.06 bits per heavy atom. The van der Waals surface area contributed by atoms with E-state index >= 15 is 0 Å². The third-order valence-corrected chi connectivity index (χ3v) is 6.37. The summed E-state index contributed by atoms with van der Waals surface area (Å²) in [5.41, 5.74) is 3.65. The fourth-order valence-electron chi connectivity index (χ4n) is 4.82. The lowest BCUT2D eigenvalue weighted by molar-refractivity contribution is 0.0701. The number of fused-ring (bicyclic) bond motifs is 3. The number of nitrogens with one attached hydrogen (secondary N) is 1. The lowest BCUT2D eigenvalue weighted by Crippen LogP contribution is -2.42. The highest BCUT2D eigenvalue weighted by Gasteiger charge is 2.45. The van der Waals surface area contributed by atoms with Crippen LogP contribution in [0, 0.1) is 23.6 Å². The lowest BCUT2D eigenvalue weighted by atomic mass is 9.82. The van der Waals surface area contributed by atoms with Crippen LogP contribution in [0.4, 0.5) is 10.1 Å². The van der Waals surface area contributed by atoms with Crippen LogP contribution in [0.25, 0.3) is 0 Å². The second kappa shape index (κ2) is 8.49. The maximum atomic E-state index is 13.9. The number of halogens is 1. The van der Waals surface area contributed by atoms with Gasteiger partial charge in [0.2, 0.25) is 0 Å². The molecule has 3 aromatic carbocycles. The third kappa shape index (κ3) is 3.63. The van der Waals surface area contributed by atoms with Crippen LogP contribution in [0.2, 0.25) is 0 Å². The molecule has 160 valence electrons. The fraction of sp³-hybridized carbons (Fsp3) is 0.222. The molecule has 1 amide bonds. The minimum atomic E-state index is -0.346. The number of aliphatic hydroxyl groups excluding tert-OH is 1. The number of aliphatic hydroxyl groups is 1. The number of likely N-dealkylation sites (tertiary alicyclic amines) is 1. The molecule has 2 heterocycles. The number of carbonyl (C=O) groups excluding carboxylic acids is 1. The molecule has 32 heavy (non-hydrogen) atoms. The maximum absolute atomic E-state index is 13.9. The van der Waals surface area contributed by atoms with Crippen molar-refractivity contribution < 1.29 is 14.3 Å². The molecular weight excluding hydrogens is 403 g/mol. The first-order valence-electron chi connectivity index (χ1n) is 10.8. The summed E-state index contributed by atoms with van der Waals surface area (Å²) in [5, 5.41) is 13.4. The predicted molar refractivity (Wildman–Crippen MR) is 122 cm³/mol. The van der Waals surface area contributed by atoms with E-state index < -0.39 is 0 Å². The molecule has 0 saturated carbocycles. The topological polar surface area (TPSA) is 52.6 Å². The lowest BCUT2D eigenvalue weighted by Gasteiger charge is -2.39. The zero-order valence-electron chi connectivity index (χ0n) is 17.5. The molecule has 1 fully saturated rings. The van der Waals surface area contributed by atoms with E-state index in [1.807, 2.05) is 53.4 Å². The molecule has 0 bridgehead atoms. The second-order valence-corrected chi connectivity index (χ2v) is 8.23. The van der Waals surface area contributed by atoms with Crippen LogP contribution in [-0.2, 0) is 0 Å². The van der Waals surface area contributed by atoms with Gasteiger partial charge in [0.1, 0.15) is 5.82 Å². The number of amides is 1. The van der Waals surface area contributed by atoms with Crippen molar-refractivity contribution in [1.82, 2.24) is 4.90 Å². The Morgan fingerprint density at radius 3 is 2.62 bits per heavy atom. The monoisotopic (exact) mass is 426 g/mol. The van der Waals surface area contributed by atoms with E-state index in [1.165, 1.54) is 6.07 Å². The number of rotatable bonds is 2. The summed E-state index contributed by atoms with van der Waals surface area (Å²) in [6.45, 7) is 0.634. The average Bonchev–Trinajstić information content (AvgIpc) is 3.29. The van der Waals surface area contributed by atoms with Crippen molar-refractivity contribution >= 4 is 11.6 Å². The number of nitrogens with zero attached hydrogens (tertiary/aromatic N) is 1. The van der Waals surface area contributed by atoms with Crippen molar-refractivity contribution in [1.29, 1.82) is 0 Å². The molecular formula is C27H23FN2O2. The summed E-state index contributed by atoms with van der Waals surface area (Å²) < 4.78 is 13.9. The molecule has 4 nitrogen and oxygen atoms in total. The van der Waals surface area contributed by atoms with Crippen molar-refractivity contribution in [3.8, 4) is 11.8 Å². The van der Waals surface area contributed by atoms with Crippen molar-refractivity contribution in [2.45, 2.75) is 18.5 Å². The molecule has 2 aliphatic heterocycles. The van der Waals surface area contributed by atoms with Crippen LogP contribution in [-0.4, -0.2) is 35.1 Å². The van der Waals surface area contributed by atoms with Gasteiger partial charge in [0, 0.05) is 29.3 Å². The quantitative estimate of drug-likeness (QED) is 0.604. The minimum absolute atomic E-state index is 0.00279.